The predicted octanol–water partition coefficient (Wildman–Crippen LogP) is 3.92. The summed E-state index contributed by atoms with van der Waals surface area (Å²) in [6.45, 7) is 10.5. The molecule has 3 aliphatic rings. The lowest BCUT2D eigenvalue weighted by Gasteiger charge is -2.52. The molecule has 8 heteroatoms. The number of hydrogen-bond acceptors (Lipinski definition) is 7. The van der Waals surface area contributed by atoms with Gasteiger partial charge in [-0.15, -0.1) is 0 Å². The molecule has 2 saturated heterocycles. The number of rotatable bonds is 7. The average Bonchev–Trinajstić information content (AvgIpc) is 3.55. The number of anilines is 1. The molecule has 0 amide bonds. The fourth-order valence-electron chi connectivity index (χ4n) is 4.65. The van der Waals surface area contributed by atoms with Crippen LogP contribution in [0.25, 0.3) is 5.70 Å². The molecule has 0 unspecified atom stereocenters. The average molecular weight is 450 g/mol. The molecule has 0 N–H and O–H groups in total. The van der Waals surface area contributed by atoms with E-state index < -0.39 is 0 Å². The molecule has 0 radical (unpaired) electrons. The number of aliphatic imine (C=N–C) groups is 1. The van der Waals surface area contributed by atoms with Crippen LogP contribution in [-0.4, -0.2) is 47.0 Å². The first kappa shape index (κ1) is 21.8. The Morgan fingerprint density at radius 1 is 1.30 bits per heavy atom. The topological polar surface area (TPSA) is 85.8 Å². The summed E-state index contributed by atoms with van der Waals surface area (Å²) in [7, 11) is 0. The van der Waals surface area contributed by atoms with Crippen LogP contribution in [0.2, 0.25) is 0 Å². The van der Waals surface area contributed by atoms with Gasteiger partial charge in [-0.2, -0.15) is 5.10 Å². The quantitative estimate of drug-likeness (QED) is 0.470. The smallest absolute Gasteiger partial charge is 0.269 e. The summed E-state index contributed by atoms with van der Waals surface area (Å²) in [5.41, 5.74) is 3.93. The second kappa shape index (κ2) is 8.74. The Kier molecular flexibility index (Phi) is 5.78. The molecule has 5 rings (SSSR count). The minimum absolute atomic E-state index is 0.0324. The van der Waals surface area contributed by atoms with E-state index in [1.807, 2.05) is 26.0 Å². The van der Waals surface area contributed by atoms with Crippen molar-refractivity contribution in [2.24, 2.45) is 4.99 Å². The lowest BCUT2D eigenvalue weighted by molar-refractivity contribution is -0.0949. The zero-order chi connectivity index (χ0) is 23.0. The Balaban J connectivity index is 1.39. The van der Waals surface area contributed by atoms with Gasteiger partial charge in [0, 0.05) is 37.2 Å². The van der Waals surface area contributed by atoms with E-state index in [-0.39, 0.29) is 11.2 Å². The van der Waals surface area contributed by atoms with Crippen LogP contribution in [-0.2, 0) is 11.3 Å². The van der Waals surface area contributed by atoms with E-state index in [0.717, 1.165) is 68.0 Å². The number of aromatic nitrogens is 3. The molecule has 33 heavy (non-hydrogen) atoms. The summed E-state index contributed by atoms with van der Waals surface area (Å²) in [6.07, 6.45) is 11.2. The Bertz CT molecular complexity index is 1150. The minimum atomic E-state index is -0.145. The normalized spacial score (nSPS) is 19.9. The van der Waals surface area contributed by atoms with E-state index in [1.165, 1.54) is 11.1 Å². The molecule has 2 aromatic heterocycles. The van der Waals surface area contributed by atoms with Crippen molar-refractivity contribution >= 4 is 18.1 Å². The van der Waals surface area contributed by atoms with Gasteiger partial charge in [-0.25, -0.2) is 4.68 Å². The van der Waals surface area contributed by atoms with Crippen LogP contribution < -0.4 is 10.5 Å². The zero-order valence-corrected chi connectivity index (χ0v) is 19.4. The molecule has 0 atom stereocenters. The highest BCUT2D eigenvalue weighted by Crippen LogP contribution is 2.43. The van der Waals surface area contributed by atoms with Crippen molar-refractivity contribution in [3.05, 3.63) is 57.4 Å². The Labute approximate surface area is 193 Å². The van der Waals surface area contributed by atoms with Crippen molar-refractivity contribution in [1.29, 1.82) is 0 Å². The third-order valence-corrected chi connectivity index (χ3v) is 6.68. The third-order valence-electron chi connectivity index (χ3n) is 6.68. The molecule has 4 heterocycles. The molecule has 1 spiro atoms. The molecule has 2 aromatic rings. The molecule has 1 saturated carbocycles. The van der Waals surface area contributed by atoms with Crippen molar-refractivity contribution in [3.63, 3.8) is 0 Å². The third kappa shape index (κ3) is 4.44. The summed E-state index contributed by atoms with van der Waals surface area (Å²) in [5.74, 6) is 1.17. The summed E-state index contributed by atoms with van der Waals surface area (Å²) in [5, 5.41) is 8.78. The van der Waals surface area contributed by atoms with Crippen molar-refractivity contribution in [2.45, 2.75) is 64.0 Å². The zero-order valence-electron chi connectivity index (χ0n) is 19.4. The molecule has 0 bridgehead atoms. The number of hydrogen-bond donors (Lipinski definition) is 0. The second-order valence-electron chi connectivity index (χ2n) is 9.66. The molecule has 174 valence electrons. The lowest BCUT2D eigenvalue weighted by Crippen LogP contribution is -2.64. The van der Waals surface area contributed by atoms with Crippen LogP contribution in [0.4, 0.5) is 5.69 Å². The number of allylic oxidation sites excluding steroid dienone is 3. The van der Waals surface area contributed by atoms with Crippen LogP contribution in [0, 0.1) is 0 Å². The van der Waals surface area contributed by atoms with Crippen LogP contribution >= 0.6 is 0 Å². The molecule has 2 aliphatic heterocycles. The fraction of sp³-hybridized carbons (Fsp3) is 0.520. The van der Waals surface area contributed by atoms with Crippen LogP contribution in [0.15, 0.2) is 44.3 Å². The highest BCUT2D eigenvalue weighted by atomic mass is 16.5. The van der Waals surface area contributed by atoms with Crippen molar-refractivity contribution in [1.82, 2.24) is 14.9 Å². The van der Waals surface area contributed by atoms with Gasteiger partial charge in [0.25, 0.3) is 5.56 Å². The molecule has 8 nitrogen and oxygen atoms in total. The van der Waals surface area contributed by atoms with E-state index in [4.69, 9.17) is 9.26 Å². The number of nitrogens with zero attached hydrogens (tertiary/aromatic N) is 5. The van der Waals surface area contributed by atoms with Gasteiger partial charge in [-0.1, -0.05) is 16.8 Å². The number of ether oxygens (including phenoxy) is 1. The maximum absolute atomic E-state index is 13.0. The first-order valence-electron chi connectivity index (χ1n) is 11.7. The van der Waals surface area contributed by atoms with Gasteiger partial charge < -0.3 is 14.2 Å². The largest absolute Gasteiger partial charge is 0.371 e. The summed E-state index contributed by atoms with van der Waals surface area (Å²) < 4.78 is 13.2. The Morgan fingerprint density at radius 3 is 2.76 bits per heavy atom. The summed E-state index contributed by atoms with van der Waals surface area (Å²) in [6, 6.07) is 1.67. The molecule has 3 fully saturated rings. The van der Waals surface area contributed by atoms with Crippen molar-refractivity contribution in [2.75, 3.05) is 24.6 Å². The highest BCUT2D eigenvalue weighted by molar-refractivity contribution is 5.69. The molecular formula is C25H31N5O3. The van der Waals surface area contributed by atoms with Gasteiger partial charge in [-0.05, 0) is 58.7 Å². The van der Waals surface area contributed by atoms with Crippen LogP contribution in [0.5, 0.6) is 0 Å². The van der Waals surface area contributed by atoms with E-state index in [2.05, 4.69) is 26.9 Å². The van der Waals surface area contributed by atoms with E-state index >= 15 is 0 Å². The van der Waals surface area contributed by atoms with E-state index in [0.29, 0.717) is 23.9 Å². The van der Waals surface area contributed by atoms with E-state index in [9.17, 15) is 4.79 Å². The Morgan fingerprint density at radius 2 is 2.12 bits per heavy atom. The maximum Gasteiger partial charge on any atom is 0.269 e. The van der Waals surface area contributed by atoms with Gasteiger partial charge in [0.2, 0.25) is 0 Å². The summed E-state index contributed by atoms with van der Waals surface area (Å²) in [4.78, 5) is 19.3. The predicted molar refractivity (Wildman–Crippen MR) is 128 cm³/mol. The standard InChI is InChI=1S/C25H31N5O3/c1-17(2)6-9-21(26-3)23-20(24(33-28-23)18-7-8-18)14-30-22(31)12-19(13-27-30)29-15-25(16-29)10-4-5-11-32-25/h6,9,12-13,18H,3-5,7-8,10-11,14-16H2,1-2H3/b21-9-. The maximum atomic E-state index is 13.0. The fourth-order valence-corrected chi connectivity index (χ4v) is 4.65. The van der Waals surface area contributed by atoms with Gasteiger partial charge in [0.05, 0.1) is 24.1 Å². The SMILES string of the molecule is C=N/C(=C\C=C(C)C)c1noc(C2CC2)c1Cn1ncc(N2CC3(CCCCO3)C2)cc1=O. The first-order valence-corrected chi connectivity index (χ1v) is 11.7. The molecular weight excluding hydrogens is 418 g/mol. The van der Waals surface area contributed by atoms with Crippen molar-refractivity contribution in [3.8, 4) is 0 Å². The second-order valence-corrected chi connectivity index (χ2v) is 9.66. The van der Waals surface area contributed by atoms with Gasteiger partial charge in [0.1, 0.15) is 17.1 Å². The first-order chi connectivity index (χ1) is 16.0. The van der Waals surface area contributed by atoms with Crippen molar-refractivity contribution < 1.29 is 9.26 Å². The van der Waals surface area contributed by atoms with Crippen LogP contribution in [0.1, 0.15) is 68.9 Å². The van der Waals surface area contributed by atoms with E-state index in [1.54, 1.807) is 12.3 Å². The highest BCUT2D eigenvalue weighted by Gasteiger charge is 2.45. The monoisotopic (exact) mass is 449 g/mol. The Hall–Kier alpha value is -3.00. The van der Waals surface area contributed by atoms with Gasteiger partial charge >= 0.3 is 0 Å². The summed E-state index contributed by atoms with van der Waals surface area (Å²) >= 11 is 0. The van der Waals surface area contributed by atoms with Gasteiger partial charge in [0.15, 0.2) is 0 Å². The van der Waals surface area contributed by atoms with Crippen LogP contribution in [0.3, 0.4) is 0 Å². The van der Waals surface area contributed by atoms with Gasteiger partial charge in [-0.3, -0.25) is 9.79 Å². The minimum Gasteiger partial charge on any atom is -0.371 e. The molecule has 0 aromatic carbocycles. The molecule has 1 aliphatic carbocycles. The lowest BCUT2D eigenvalue weighted by atomic mass is 9.86.